The number of rotatable bonds is 4. The first-order chi connectivity index (χ1) is 9.54. The molecule has 0 bridgehead atoms. The largest absolute Gasteiger partial charge is 0.409 e. The molecule has 2 unspecified atom stereocenters. The predicted octanol–water partition coefficient (Wildman–Crippen LogP) is -1.13. The van der Waals surface area contributed by atoms with E-state index in [9.17, 15) is 9.59 Å². The van der Waals surface area contributed by atoms with E-state index in [1.54, 1.807) is 6.92 Å². The summed E-state index contributed by atoms with van der Waals surface area (Å²) in [6.45, 7) is 2.42. The molecular weight excluding hydrogens is 264 g/mol. The average Bonchev–Trinajstić information content (AvgIpc) is 3.28. The van der Waals surface area contributed by atoms with E-state index >= 15 is 0 Å². The first-order valence-corrected chi connectivity index (χ1v) is 6.70. The van der Waals surface area contributed by atoms with E-state index in [0.717, 1.165) is 12.8 Å². The topological polar surface area (TPSA) is 117 Å². The highest BCUT2D eigenvalue weighted by atomic mass is 16.5. The van der Waals surface area contributed by atoms with Crippen LogP contribution in [0.4, 0.5) is 0 Å². The van der Waals surface area contributed by atoms with Gasteiger partial charge in [0.05, 0.1) is 19.1 Å². The highest BCUT2D eigenvalue weighted by Crippen LogP contribution is 2.20. The van der Waals surface area contributed by atoms with E-state index in [4.69, 9.17) is 15.7 Å². The Bertz CT molecular complexity index is 422. The number of carbonyl (C=O) groups excluding carboxylic acids is 2. The van der Waals surface area contributed by atoms with Gasteiger partial charge in [-0.05, 0) is 19.8 Å². The number of amides is 2. The van der Waals surface area contributed by atoms with Gasteiger partial charge in [0.15, 0.2) is 5.84 Å². The monoisotopic (exact) mass is 284 g/mol. The molecule has 0 radical (unpaired) electrons. The van der Waals surface area contributed by atoms with E-state index in [1.807, 2.05) is 0 Å². The van der Waals surface area contributed by atoms with Crippen LogP contribution in [0.5, 0.6) is 0 Å². The molecule has 0 aromatic heterocycles. The first-order valence-electron chi connectivity index (χ1n) is 6.70. The van der Waals surface area contributed by atoms with Gasteiger partial charge < -0.3 is 25.9 Å². The summed E-state index contributed by atoms with van der Waals surface area (Å²) in [5.74, 6) is -1.47. The summed E-state index contributed by atoms with van der Waals surface area (Å²) in [4.78, 5) is 25.9. The normalized spacial score (nSPS) is 25.1. The van der Waals surface area contributed by atoms with E-state index in [-0.39, 0.29) is 30.3 Å². The second-order valence-electron chi connectivity index (χ2n) is 5.15. The first kappa shape index (κ1) is 14.6. The fourth-order valence-corrected chi connectivity index (χ4v) is 2.07. The lowest BCUT2D eigenvalue weighted by atomic mass is 10.1. The van der Waals surface area contributed by atoms with Crippen molar-refractivity contribution in [2.75, 3.05) is 19.8 Å². The van der Waals surface area contributed by atoms with Gasteiger partial charge in [-0.2, -0.15) is 0 Å². The van der Waals surface area contributed by atoms with Crippen molar-refractivity contribution in [1.82, 2.24) is 10.2 Å². The molecule has 2 rings (SSSR count). The fourth-order valence-electron chi connectivity index (χ4n) is 2.07. The van der Waals surface area contributed by atoms with Crippen LogP contribution in [-0.4, -0.2) is 59.6 Å². The standard InChI is InChI=1S/C12H20N4O4/c1-7(10(13)15-19)12(18)16-4-5-20-6-9(16)11(17)14-8-2-3-8/h7-9,19H,2-6H2,1H3,(H2,13,15)(H,14,17). The van der Waals surface area contributed by atoms with Gasteiger partial charge in [-0.15, -0.1) is 0 Å². The van der Waals surface area contributed by atoms with Crippen LogP contribution in [0, 0.1) is 5.92 Å². The number of oxime groups is 1. The van der Waals surface area contributed by atoms with Crippen molar-refractivity contribution in [1.29, 1.82) is 0 Å². The molecule has 1 aliphatic carbocycles. The molecule has 0 aromatic rings. The van der Waals surface area contributed by atoms with Gasteiger partial charge >= 0.3 is 0 Å². The third-order valence-corrected chi connectivity index (χ3v) is 3.57. The third kappa shape index (κ3) is 3.19. The maximum atomic E-state index is 12.3. The molecule has 2 fully saturated rings. The van der Waals surface area contributed by atoms with Gasteiger partial charge in [-0.1, -0.05) is 5.16 Å². The number of nitrogens with zero attached hydrogens (tertiary/aromatic N) is 2. The molecule has 8 heteroatoms. The zero-order chi connectivity index (χ0) is 14.7. The van der Waals surface area contributed by atoms with Crippen LogP contribution in [-0.2, 0) is 14.3 Å². The molecule has 20 heavy (non-hydrogen) atoms. The smallest absolute Gasteiger partial charge is 0.245 e. The number of hydrogen-bond acceptors (Lipinski definition) is 5. The van der Waals surface area contributed by atoms with Crippen LogP contribution in [0.1, 0.15) is 19.8 Å². The lowest BCUT2D eigenvalue weighted by Gasteiger charge is -2.35. The third-order valence-electron chi connectivity index (χ3n) is 3.57. The Kier molecular flexibility index (Phi) is 4.43. The Morgan fingerprint density at radius 3 is 2.80 bits per heavy atom. The quantitative estimate of drug-likeness (QED) is 0.261. The van der Waals surface area contributed by atoms with Gasteiger partial charge in [-0.25, -0.2) is 0 Å². The minimum absolute atomic E-state index is 0.164. The van der Waals surface area contributed by atoms with Crippen molar-refractivity contribution in [3.8, 4) is 0 Å². The number of nitrogens with two attached hydrogens (primary N) is 1. The summed E-state index contributed by atoms with van der Waals surface area (Å²) < 4.78 is 5.29. The van der Waals surface area contributed by atoms with Gasteiger partial charge in [-0.3, -0.25) is 9.59 Å². The second kappa shape index (κ2) is 6.08. The summed E-state index contributed by atoms with van der Waals surface area (Å²) >= 11 is 0. The van der Waals surface area contributed by atoms with Gasteiger partial charge in [0.2, 0.25) is 11.8 Å². The van der Waals surface area contributed by atoms with E-state index in [0.29, 0.717) is 13.2 Å². The second-order valence-corrected chi connectivity index (χ2v) is 5.15. The van der Waals surface area contributed by atoms with Gasteiger partial charge in [0, 0.05) is 12.6 Å². The summed E-state index contributed by atoms with van der Waals surface area (Å²) in [5.41, 5.74) is 5.46. The molecule has 4 N–H and O–H groups in total. The van der Waals surface area contributed by atoms with Crippen molar-refractivity contribution < 1.29 is 19.5 Å². The van der Waals surface area contributed by atoms with E-state index < -0.39 is 12.0 Å². The van der Waals surface area contributed by atoms with Crippen LogP contribution in [0.2, 0.25) is 0 Å². The van der Waals surface area contributed by atoms with Gasteiger partial charge in [0.25, 0.3) is 0 Å². The minimum Gasteiger partial charge on any atom is -0.409 e. The lowest BCUT2D eigenvalue weighted by molar-refractivity contribution is -0.149. The van der Waals surface area contributed by atoms with Crippen LogP contribution < -0.4 is 11.1 Å². The molecule has 2 amide bonds. The zero-order valence-electron chi connectivity index (χ0n) is 11.4. The van der Waals surface area contributed by atoms with Crippen molar-refractivity contribution >= 4 is 17.6 Å². The van der Waals surface area contributed by atoms with Crippen molar-refractivity contribution in [3.63, 3.8) is 0 Å². The summed E-state index contributed by atoms with van der Waals surface area (Å²) in [6.07, 6.45) is 1.96. The molecule has 1 heterocycles. The maximum absolute atomic E-state index is 12.3. The molecule has 1 saturated carbocycles. The van der Waals surface area contributed by atoms with Crippen LogP contribution in [0.25, 0.3) is 0 Å². The molecule has 1 saturated heterocycles. The number of ether oxygens (including phenoxy) is 1. The molecule has 2 atom stereocenters. The SMILES string of the molecule is CC(C(=O)N1CCOCC1C(=O)NC1CC1)C(N)=NO. The average molecular weight is 284 g/mol. The number of nitrogens with one attached hydrogen (secondary N) is 1. The van der Waals surface area contributed by atoms with Crippen molar-refractivity contribution in [3.05, 3.63) is 0 Å². The van der Waals surface area contributed by atoms with Crippen molar-refractivity contribution in [2.45, 2.75) is 31.8 Å². The Labute approximate surface area is 116 Å². The maximum Gasteiger partial charge on any atom is 0.245 e. The van der Waals surface area contributed by atoms with Crippen molar-refractivity contribution in [2.24, 2.45) is 16.8 Å². The Morgan fingerprint density at radius 2 is 2.20 bits per heavy atom. The van der Waals surface area contributed by atoms with Gasteiger partial charge in [0.1, 0.15) is 6.04 Å². The fraction of sp³-hybridized carbons (Fsp3) is 0.750. The highest BCUT2D eigenvalue weighted by Gasteiger charge is 2.37. The van der Waals surface area contributed by atoms with Crippen LogP contribution in [0.3, 0.4) is 0 Å². The highest BCUT2D eigenvalue weighted by molar-refractivity contribution is 6.03. The number of amidine groups is 1. The van der Waals surface area contributed by atoms with Crippen LogP contribution >= 0.6 is 0 Å². The zero-order valence-corrected chi connectivity index (χ0v) is 11.4. The molecule has 112 valence electrons. The molecule has 1 aliphatic heterocycles. The summed E-state index contributed by atoms with van der Waals surface area (Å²) in [5, 5.41) is 14.4. The van der Waals surface area contributed by atoms with Crippen LogP contribution in [0.15, 0.2) is 5.16 Å². The predicted molar refractivity (Wildman–Crippen MR) is 70.1 cm³/mol. The summed E-state index contributed by atoms with van der Waals surface area (Å²) in [6, 6.07) is -0.423. The Morgan fingerprint density at radius 1 is 1.50 bits per heavy atom. The van der Waals surface area contributed by atoms with E-state index in [2.05, 4.69) is 10.5 Å². The number of hydrogen-bond donors (Lipinski definition) is 3. The number of carbonyl (C=O) groups is 2. The Balaban J connectivity index is 2.05. The molecular formula is C12H20N4O4. The molecule has 0 aromatic carbocycles. The molecule has 2 aliphatic rings. The Hall–Kier alpha value is -1.83. The summed E-state index contributed by atoms with van der Waals surface area (Å²) in [7, 11) is 0. The molecule has 8 nitrogen and oxygen atoms in total. The van der Waals surface area contributed by atoms with E-state index in [1.165, 1.54) is 4.90 Å². The molecule has 0 spiro atoms. The minimum atomic E-state index is -0.769. The number of morpholine rings is 1. The lowest BCUT2D eigenvalue weighted by Crippen LogP contribution is -2.58.